The van der Waals surface area contributed by atoms with E-state index in [2.05, 4.69) is 25.7 Å². The summed E-state index contributed by atoms with van der Waals surface area (Å²) in [5, 5.41) is 10.5. The molecule has 0 aliphatic heterocycles. The van der Waals surface area contributed by atoms with Gasteiger partial charge in [0, 0.05) is 23.5 Å². The summed E-state index contributed by atoms with van der Waals surface area (Å²) in [4.78, 5) is 15.9. The molecule has 0 bridgehead atoms. The Bertz CT molecular complexity index is 827. The highest BCUT2D eigenvalue weighted by Gasteiger charge is 2.10. The number of amides is 1. The van der Waals surface area contributed by atoms with E-state index < -0.39 is 5.91 Å². The predicted octanol–water partition coefficient (Wildman–Crippen LogP) is 2.37. The van der Waals surface area contributed by atoms with E-state index in [0.717, 1.165) is 5.56 Å². The van der Waals surface area contributed by atoms with Crippen molar-refractivity contribution in [1.29, 1.82) is 0 Å². The van der Waals surface area contributed by atoms with E-state index in [0.29, 0.717) is 11.3 Å². The summed E-state index contributed by atoms with van der Waals surface area (Å²) in [6.07, 6.45) is 4.76. The molecule has 3 aromatic rings. The minimum Gasteiger partial charge on any atom is -0.272 e. The van der Waals surface area contributed by atoms with Crippen molar-refractivity contribution < 1.29 is 9.18 Å². The van der Waals surface area contributed by atoms with Gasteiger partial charge in [0.2, 0.25) is 0 Å². The zero-order valence-corrected chi connectivity index (χ0v) is 11.9. The van der Waals surface area contributed by atoms with Crippen molar-refractivity contribution >= 4 is 12.1 Å². The Hall–Kier alpha value is -3.35. The first-order valence-corrected chi connectivity index (χ1v) is 6.77. The average Bonchev–Trinajstić information content (AvgIpc) is 3.06. The number of halogens is 1. The fraction of sp³-hybridized carbons (Fsp3) is 0. The smallest absolute Gasteiger partial charge is 0.272 e. The van der Waals surface area contributed by atoms with Gasteiger partial charge in [-0.25, -0.2) is 9.82 Å². The van der Waals surface area contributed by atoms with Crippen molar-refractivity contribution in [3.8, 4) is 11.3 Å². The van der Waals surface area contributed by atoms with E-state index in [1.807, 2.05) is 6.07 Å². The van der Waals surface area contributed by atoms with Crippen LogP contribution in [0.5, 0.6) is 0 Å². The highest BCUT2D eigenvalue weighted by atomic mass is 19.1. The Morgan fingerprint density at radius 1 is 1.26 bits per heavy atom. The highest BCUT2D eigenvalue weighted by molar-refractivity contribution is 5.94. The summed E-state index contributed by atoms with van der Waals surface area (Å²) in [6.45, 7) is 0. The number of benzene rings is 1. The summed E-state index contributed by atoms with van der Waals surface area (Å²) in [7, 11) is 0. The molecule has 3 rings (SSSR count). The third-order valence-electron chi connectivity index (χ3n) is 3.03. The Labute approximate surface area is 131 Å². The SMILES string of the molecule is O=C(N/N=C\c1cccnc1)c1cc(-c2ccc(F)cc2)n[nH]1. The van der Waals surface area contributed by atoms with E-state index in [-0.39, 0.29) is 11.5 Å². The van der Waals surface area contributed by atoms with Gasteiger partial charge in [0.1, 0.15) is 11.5 Å². The lowest BCUT2D eigenvalue weighted by Crippen LogP contribution is -2.18. The van der Waals surface area contributed by atoms with Crippen LogP contribution >= 0.6 is 0 Å². The summed E-state index contributed by atoms with van der Waals surface area (Å²) < 4.78 is 12.9. The Kier molecular flexibility index (Phi) is 4.19. The largest absolute Gasteiger partial charge is 0.289 e. The van der Waals surface area contributed by atoms with Gasteiger partial charge in [0.15, 0.2) is 0 Å². The molecule has 1 aromatic carbocycles. The van der Waals surface area contributed by atoms with Crippen LogP contribution in [0.1, 0.15) is 16.1 Å². The van der Waals surface area contributed by atoms with Crippen molar-refractivity contribution in [2.24, 2.45) is 5.10 Å². The molecule has 0 saturated heterocycles. The maximum absolute atomic E-state index is 12.9. The first kappa shape index (κ1) is 14.6. The number of nitrogens with one attached hydrogen (secondary N) is 2. The van der Waals surface area contributed by atoms with Gasteiger partial charge >= 0.3 is 0 Å². The van der Waals surface area contributed by atoms with Crippen LogP contribution in [-0.2, 0) is 0 Å². The molecule has 6 nitrogen and oxygen atoms in total. The molecule has 2 N–H and O–H groups in total. The molecule has 0 unspecified atom stereocenters. The van der Waals surface area contributed by atoms with Gasteiger partial charge in [-0.05, 0) is 36.4 Å². The second-order valence-electron chi connectivity index (χ2n) is 4.66. The summed E-state index contributed by atoms with van der Waals surface area (Å²) in [5.74, 6) is -0.752. The lowest BCUT2D eigenvalue weighted by Gasteiger charge is -1.96. The quantitative estimate of drug-likeness (QED) is 0.573. The molecule has 2 heterocycles. The molecule has 0 aliphatic rings. The second kappa shape index (κ2) is 6.61. The van der Waals surface area contributed by atoms with Gasteiger partial charge in [-0.3, -0.25) is 14.9 Å². The Morgan fingerprint density at radius 2 is 2.09 bits per heavy atom. The molecule has 0 fully saturated rings. The van der Waals surface area contributed by atoms with Crippen LogP contribution in [0.15, 0.2) is 60.0 Å². The zero-order valence-electron chi connectivity index (χ0n) is 11.9. The maximum atomic E-state index is 12.9. The summed E-state index contributed by atoms with van der Waals surface area (Å²) in [6, 6.07) is 11.0. The second-order valence-corrected chi connectivity index (χ2v) is 4.66. The van der Waals surface area contributed by atoms with Crippen LogP contribution in [0.4, 0.5) is 4.39 Å². The summed E-state index contributed by atoms with van der Waals surface area (Å²) >= 11 is 0. The standard InChI is InChI=1S/C16H12FN5O/c17-13-5-3-12(4-6-13)14-8-15(21-20-14)16(23)22-19-10-11-2-1-7-18-9-11/h1-10H,(H,20,21)(H,22,23)/b19-10-. The number of nitrogens with zero attached hydrogens (tertiary/aromatic N) is 3. The zero-order chi connectivity index (χ0) is 16.1. The minimum atomic E-state index is -0.425. The van der Waals surface area contributed by atoms with Crippen LogP contribution in [0, 0.1) is 5.82 Å². The number of hydrogen-bond donors (Lipinski definition) is 2. The molecule has 0 aliphatic carbocycles. The number of H-pyrrole nitrogens is 1. The predicted molar refractivity (Wildman–Crippen MR) is 83.3 cm³/mol. The average molecular weight is 309 g/mol. The van der Waals surface area contributed by atoms with Crippen molar-refractivity contribution in [1.82, 2.24) is 20.6 Å². The number of carbonyl (C=O) groups is 1. The van der Waals surface area contributed by atoms with Crippen LogP contribution < -0.4 is 5.43 Å². The van der Waals surface area contributed by atoms with E-state index >= 15 is 0 Å². The van der Waals surface area contributed by atoms with Gasteiger partial charge in [-0.1, -0.05) is 6.07 Å². The maximum Gasteiger partial charge on any atom is 0.289 e. The molecule has 7 heteroatoms. The number of aromatic nitrogens is 3. The number of rotatable bonds is 4. The fourth-order valence-corrected chi connectivity index (χ4v) is 1.88. The molecule has 0 spiro atoms. The molecule has 114 valence electrons. The van der Waals surface area contributed by atoms with Crippen molar-refractivity contribution in [2.45, 2.75) is 0 Å². The fourth-order valence-electron chi connectivity index (χ4n) is 1.88. The minimum absolute atomic E-state index is 0.257. The van der Waals surface area contributed by atoms with E-state index in [1.165, 1.54) is 18.3 Å². The normalized spacial score (nSPS) is 10.8. The van der Waals surface area contributed by atoms with Gasteiger partial charge in [-0.15, -0.1) is 0 Å². The Morgan fingerprint density at radius 3 is 2.83 bits per heavy atom. The third-order valence-corrected chi connectivity index (χ3v) is 3.03. The summed E-state index contributed by atoms with van der Waals surface area (Å²) in [5.41, 5.74) is 4.67. The highest BCUT2D eigenvalue weighted by Crippen LogP contribution is 2.17. The number of hydrazone groups is 1. The van der Waals surface area contributed by atoms with Gasteiger partial charge in [-0.2, -0.15) is 10.2 Å². The molecular formula is C16H12FN5O. The van der Waals surface area contributed by atoms with Crippen molar-refractivity contribution in [3.63, 3.8) is 0 Å². The molecular weight excluding hydrogens is 297 g/mol. The van der Waals surface area contributed by atoms with Gasteiger partial charge < -0.3 is 0 Å². The number of carbonyl (C=O) groups excluding carboxylic acids is 1. The Balaban J connectivity index is 1.67. The van der Waals surface area contributed by atoms with E-state index in [4.69, 9.17) is 0 Å². The molecule has 0 atom stereocenters. The monoisotopic (exact) mass is 309 g/mol. The van der Waals surface area contributed by atoms with Crippen LogP contribution in [0.2, 0.25) is 0 Å². The van der Waals surface area contributed by atoms with E-state index in [9.17, 15) is 9.18 Å². The molecule has 2 aromatic heterocycles. The molecule has 1 amide bonds. The molecule has 0 radical (unpaired) electrons. The van der Waals surface area contributed by atoms with Crippen molar-refractivity contribution in [3.05, 3.63) is 71.9 Å². The van der Waals surface area contributed by atoms with Crippen LogP contribution in [0.3, 0.4) is 0 Å². The van der Waals surface area contributed by atoms with E-state index in [1.54, 1.807) is 36.7 Å². The number of pyridine rings is 1. The van der Waals surface area contributed by atoms with Crippen LogP contribution in [0.25, 0.3) is 11.3 Å². The lowest BCUT2D eigenvalue weighted by molar-refractivity contribution is 0.0950. The van der Waals surface area contributed by atoms with Gasteiger partial charge in [0.05, 0.1) is 11.9 Å². The third kappa shape index (κ3) is 3.65. The van der Waals surface area contributed by atoms with Crippen molar-refractivity contribution in [2.75, 3.05) is 0 Å². The number of aromatic amines is 1. The van der Waals surface area contributed by atoms with Gasteiger partial charge in [0.25, 0.3) is 5.91 Å². The lowest BCUT2D eigenvalue weighted by atomic mass is 10.1. The number of hydrogen-bond acceptors (Lipinski definition) is 4. The molecule has 0 saturated carbocycles. The van der Waals surface area contributed by atoms with Crippen LogP contribution in [-0.4, -0.2) is 27.3 Å². The first-order valence-electron chi connectivity index (χ1n) is 6.77. The first-order chi connectivity index (χ1) is 11.2. The molecule has 23 heavy (non-hydrogen) atoms. The topological polar surface area (TPSA) is 83.0 Å².